The van der Waals surface area contributed by atoms with Crippen LogP contribution in [0.15, 0.2) is 48.5 Å². The number of hydrogen-bond donors (Lipinski definition) is 3. The fourth-order valence-corrected chi connectivity index (χ4v) is 3.34. The first-order chi connectivity index (χ1) is 15.4. The number of primary amides is 1. The van der Waals surface area contributed by atoms with Crippen molar-refractivity contribution in [1.82, 2.24) is 4.90 Å². The molecule has 0 atom stereocenters. The first kappa shape index (κ1) is 23.2. The maximum atomic E-state index is 12.3. The van der Waals surface area contributed by atoms with E-state index in [-0.39, 0.29) is 24.8 Å². The SMILES string of the molecule is CN(CCC(=O)Nc1ccc(C(N)=O)cc1)CC(=O)Nc1ccc(N2CCOCC2)cc1. The average molecular weight is 440 g/mol. The van der Waals surface area contributed by atoms with Crippen molar-refractivity contribution >= 4 is 34.8 Å². The number of nitrogens with two attached hydrogens (primary N) is 1. The summed E-state index contributed by atoms with van der Waals surface area (Å²) < 4.78 is 5.37. The monoisotopic (exact) mass is 439 g/mol. The van der Waals surface area contributed by atoms with Crippen molar-refractivity contribution in [3.8, 4) is 0 Å². The number of ether oxygens (including phenoxy) is 1. The molecule has 9 nitrogen and oxygen atoms in total. The molecule has 2 aromatic rings. The minimum absolute atomic E-state index is 0.144. The minimum atomic E-state index is -0.518. The molecule has 1 saturated heterocycles. The smallest absolute Gasteiger partial charge is 0.248 e. The maximum absolute atomic E-state index is 12.3. The molecule has 1 aliphatic rings. The van der Waals surface area contributed by atoms with Gasteiger partial charge in [-0.1, -0.05) is 0 Å². The van der Waals surface area contributed by atoms with Crippen molar-refractivity contribution in [2.45, 2.75) is 6.42 Å². The Morgan fingerprint density at radius 3 is 2.09 bits per heavy atom. The molecule has 0 saturated carbocycles. The number of benzene rings is 2. The predicted octanol–water partition coefficient (Wildman–Crippen LogP) is 1.52. The molecule has 4 N–H and O–H groups in total. The summed E-state index contributed by atoms with van der Waals surface area (Å²) in [5, 5.41) is 5.64. The zero-order chi connectivity index (χ0) is 22.9. The number of rotatable bonds is 9. The number of carbonyl (C=O) groups excluding carboxylic acids is 3. The van der Waals surface area contributed by atoms with E-state index < -0.39 is 5.91 Å². The standard InChI is InChI=1S/C23H29N5O4/c1-27(11-10-21(29)25-18-4-2-17(3-5-18)23(24)31)16-22(30)26-19-6-8-20(9-7-19)28-12-14-32-15-13-28/h2-9H,10-16H2,1H3,(H2,24,31)(H,25,29)(H,26,30). The van der Waals surface area contributed by atoms with E-state index in [2.05, 4.69) is 15.5 Å². The number of nitrogens with one attached hydrogen (secondary N) is 2. The molecule has 1 heterocycles. The highest BCUT2D eigenvalue weighted by molar-refractivity contribution is 5.95. The molecule has 0 spiro atoms. The lowest BCUT2D eigenvalue weighted by Gasteiger charge is -2.28. The number of carbonyl (C=O) groups is 3. The summed E-state index contributed by atoms with van der Waals surface area (Å²) in [7, 11) is 1.79. The van der Waals surface area contributed by atoms with E-state index in [1.807, 2.05) is 24.3 Å². The van der Waals surface area contributed by atoms with Crippen molar-refractivity contribution < 1.29 is 19.1 Å². The van der Waals surface area contributed by atoms with Crippen molar-refractivity contribution in [2.24, 2.45) is 5.73 Å². The van der Waals surface area contributed by atoms with E-state index in [4.69, 9.17) is 10.5 Å². The molecule has 1 aliphatic heterocycles. The van der Waals surface area contributed by atoms with Crippen LogP contribution in [0.1, 0.15) is 16.8 Å². The number of anilines is 3. The van der Waals surface area contributed by atoms with Gasteiger partial charge in [-0.05, 0) is 55.6 Å². The molecule has 0 bridgehead atoms. The van der Waals surface area contributed by atoms with Crippen LogP contribution in [0.5, 0.6) is 0 Å². The van der Waals surface area contributed by atoms with Crippen molar-refractivity contribution in [2.75, 3.05) is 62.0 Å². The van der Waals surface area contributed by atoms with Crippen LogP contribution < -0.4 is 21.3 Å². The molecule has 3 rings (SSSR count). The van der Waals surface area contributed by atoms with Crippen LogP contribution in [-0.2, 0) is 14.3 Å². The van der Waals surface area contributed by atoms with E-state index in [9.17, 15) is 14.4 Å². The summed E-state index contributed by atoms with van der Waals surface area (Å²) in [5.74, 6) is -0.840. The summed E-state index contributed by atoms with van der Waals surface area (Å²) in [6.45, 7) is 3.78. The quantitative estimate of drug-likeness (QED) is 0.545. The van der Waals surface area contributed by atoms with Gasteiger partial charge >= 0.3 is 0 Å². The highest BCUT2D eigenvalue weighted by Crippen LogP contribution is 2.19. The van der Waals surface area contributed by atoms with Crippen LogP contribution in [0.4, 0.5) is 17.1 Å². The van der Waals surface area contributed by atoms with Crippen LogP contribution in [0.3, 0.4) is 0 Å². The minimum Gasteiger partial charge on any atom is -0.378 e. The molecule has 3 amide bonds. The van der Waals surface area contributed by atoms with Gasteiger partial charge in [-0.25, -0.2) is 0 Å². The molecule has 2 aromatic carbocycles. The van der Waals surface area contributed by atoms with Crippen molar-refractivity contribution in [1.29, 1.82) is 0 Å². The number of nitrogens with zero attached hydrogens (tertiary/aromatic N) is 2. The molecule has 0 unspecified atom stereocenters. The number of amides is 3. The van der Waals surface area contributed by atoms with Crippen LogP contribution in [0.25, 0.3) is 0 Å². The van der Waals surface area contributed by atoms with Gasteiger partial charge in [0.1, 0.15) is 0 Å². The Kier molecular flexibility index (Phi) is 8.18. The zero-order valence-electron chi connectivity index (χ0n) is 18.2. The molecule has 9 heteroatoms. The van der Waals surface area contributed by atoms with Gasteiger partial charge in [0.2, 0.25) is 17.7 Å². The van der Waals surface area contributed by atoms with Crippen molar-refractivity contribution in [3.63, 3.8) is 0 Å². The van der Waals surface area contributed by atoms with E-state index in [1.54, 1.807) is 36.2 Å². The van der Waals surface area contributed by atoms with Crippen LogP contribution >= 0.6 is 0 Å². The second-order valence-corrected chi connectivity index (χ2v) is 7.67. The van der Waals surface area contributed by atoms with Gasteiger partial charge in [-0.2, -0.15) is 0 Å². The van der Waals surface area contributed by atoms with Gasteiger partial charge in [0.05, 0.1) is 19.8 Å². The third kappa shape index (κ3) is 7.07. The number of hydrogen-bond acceptors (Lipinski definition) is 6. The van der Waals surface area contributed by atoms with Gasteiger partial charge in [0.15, 0.2) is 0 Å². The summed E-state index contributed by atoms with van der Waals surface area (Å²) in [4.78, 5) is 39.6. The second kappa shape index (κ2) is 11.3. The molecule has 0 radical (unpaired) electrons. The van der Waals surface area contributed by atoms with Crippen LogP contribution in [0.2, 0.25) is 0 Å². The molecule has 0 aromatic heterocycles. The number of morpholine rings is 1. The van der Waals surface area contributed by atoms with E-state index in [1.165, 1.54) is 0 Å². The van der Waals surface area contributed by atoms with Gasteiger partial charge in [-0.3, -0.25) is 19.3 Å². The van der Waals surface area contributed by atoms with E-state index >= 15 is 0 Å². The third-order valence-electron chi connectivity index (χ3n) is 5.11. The van der Waals surface area contributed by atoms with Gasteiger partial charge in [-0.15, -0.1) is 0 Å². The van der Waals surface area contributed by atoms with Gasteiger partial charge < -0.3 is 26.0 Å². The number of likely N-dealkylation sites (N-methyl/N-ethyl adjacent to an activating group) is 1. The molecule has 32 heavy (non-hydrogen) atoms. The Balaban J connectivity index is 1.38. The van der Waals surface area contributed by atoms with E-state index in [0.29, 0.717) is 17.8 Å². The van der Waals surface area contributed by atoms with Gasteiger partial charge in [0, 0.05) is 48.7 Å². The molecule has 170 valence electrons. The van der Waals surface area contributed by atoms with Crippen LogP contribution in [-0.4, -0.2) is 69.1 Å². The van der Waals surface area contributed by atoms with Gasteiger partial charge in [0.25, 0.3) is 0 Å². The summed E-state index contributed by atoms with van der Waals surface area (Å²) in [5.41, 5.74) is 8.01. The second-order valence-electron chi connectivity index (χ2n) is 7.67. The molecule has 1 fully saturated rings. The third-order valence-corrected chi connectivity index (χ3v) is 5.11. The Labute approximate surface area is 187 Å². The van der Waals surface area contributed by atoms with Crippen molar-refractivity contribution in [3.05, 3.63) is 54.1 Å². The van der Waals surface area contributed by atoms with E-state index in [0.717, 1.165) is 37.7 Å². The highest BCUT2D eigenvalue weighted by Gasteiger charge is 2.12. The lowest BCUT2D eigenvalue weighted by atomic mass is 10.2. The fourth-order valence-electron chi connectivity index (χ4n) is 3.34. The largest absolute Gasteiger partial charge is 0.378 e. The van der Waals surface area contributed by atoms with Crippen LogP contribution in [0, 0.1) is 0 Å². The summed E-state index contributed by atoms with van der Waals surface area (Å²) in [6.07, 6.45) is 0.232. The zero-order valence-corrected chi connectivity index (χ0v) is 18.2. The maximum Gasteiger partial charge on any atom is 0.248 e. The molecule has 0 aliphatic carbocycles. The Bertz CT molecular complexity index is 924. The summed E-state index contributed by atoms with van der Waals surface area (Å²) in [6, 6.07) is 14.1. The first-order valence-electron chi connectivity index (χ1n) is 10.5. The normalized spacial score (nSPS) is 13.6. The highest BCUT2D eigenvalue weighted by atomic mass is 16.5. The predicted molar refractivity (Wildman–Crippen MR) is 124 cm³/mol. The molecular weight excluding hydrogens is 410 g/mol. The fraction of sp³-hybridized carbons (Fsp3) is 0.348. The lowest BCUT2D eigenvalue weighted by molar-refractivity contribution is -0.119. The first-order valence-corrected chi connectivity index (χ1v) is 10.5. The lowest BCUT2D eigenvalue weighted by Crippen LogP contribution is -2.36. The Morgan fingerprint density at radius 1 is 0.938 bits per heavy atom. The Morgan fingerprint density at radius 2 is 1.50 bits per heavy atom. The molecular formula is C23H29N5O4. The Hall–Kier alpha value is -3.43. The average Bonchev–Trinajstić information content (AvgIpc) is 2.79. The summed E-state index contributed by atoms with van der Waals surface area (Å²) >= 11 is 0. The topological polar surface area (TPSA) is 117 Å².